The lowest BCUT2D eigenvalue weighted by molar-refractivity contribution is 0.290. The number of benzene rings is 1. The van der Waals surface area contributed by atoms with Crippen LogP contribution in [0.3, 0.4) is 0 Å². The van der Waals surface area contributed by atoms with Crippen molar-refractivity contribution in [2.24, 2.45) is 4.99 Å². The molecule has 0 spiro atoms. The highest BCUT2D eigenvalue weighted by molar-refractivity contribution is 14.0. The summed E-state index contributed by atoms with van der Waals surface area (Å²) < 4.78 is 5.93. The van der Waals surface area contributed by atoms with Crippen LogP contribution >= 0.6 is 35.3 Å². The fourth-order valence-corrected chi connectivity index (χ4v) is 3.46. The van der Waals surface area contributed by atoms with Crippen molar-refractivity contribution >= 4 is 41.3 Å². The van der Waals surface area contributed by atoms with Crippen molar-refractivity contribution in [3.8, 4) is 5.88 Å². The highest BCUT2D eigenvalue weighted by atomic mass is 127. The molecule has 2 heterocycles. The Labute approximate surface area is 199 Å². The number of aryl methyl sites for hydroxylation is 1. The van der Waals surface area contributed by atoms with Gasteiger partial charge in [0.15, 0.2) is 5.96 Å². The van der Waals surface area contributed by atoms with Crippen molar-refractivity contribution in [3.05, 3.63) is 75.9 Å². The number of halogens is 1. The molecule has 8 heteroatoms. The van der Waals surface area contributed by atoms with E-state index in [2.05, 4.69) is 27.5 Å². The summed E-state index contributed by atoms with van der Waals surface area (Å²) in [6, 6.07) is 14.0. The zero-order valence-electron chi connectivity index (χ0n) is 17.3. The van der Waals surface area contributed by atoms with Crippen molar-refractivity contribution in [1.29, 1.82) is 0 Å². The fraction of sp³-hybridized carbons (Fsp3) is 0.318. The zero-order chi connectivity index (χ0) is 20.3. The summed E-state index contributed by atoms with van der Waals surface area (Å²) in [7, 11) is 0. The van der Waals surface area contributed by atoms with E-state index >= 15 is 0 Å². The van der Waals surface area contributed by atoms with Crippen LogP contribution in [-0.2, 0) is 26.1 Å². The van der Waals surface area contributed by atoms with Gasteiger partial charge in [-0.25, -0.2) is 15.0 Å². The number of thiazole rings is 1. The molecule has 2 N–H and O–H groups in total. The first-order chi connectivity index (χ1) is 14.3. The van der Waals surface area contributed by atoms with Gasteiger partial charge in [0.1, 0.15) is 11.6 Å². The molecule has 0 aliphatic rings. The van der Waals surface area contributed by atoms with Crippen LogP contribution in [0.25, 0.3) is 0 Å². The molecule has 6 nitrogen and oxygen atoms in total. The Bertz CT molecular complexity index is 917. The van der Waals surface area contributed by atoms with Gasteiger partial charge in [-0.1, -0.05) is 43.3 Å². The molecule has 0 radical (unpaired) electrons. The number of aliphatic imine (C=N–C) groups is 1. The first-order valence-corrected chi connectivity index (χ1v) is 10.7. The van der Waals surface area contributed by atoms with Gasteiger partial charge in [-0.05, 0) is 25.0 Å². The molecular formula is C22H28IN5OS. The van der Waals surface area contributed by atoms with Crippen molar-refractivity contribution in [3.63, 3.8) is 0 Å². The highest BCUT2D eigenvalue weighted by Crippen LogP contribution is 2.17. The second-order valence-electron chi connectivity index (χ2n) is 6.36. The largest absolute Gasteiger partial charge is 0.473 e. The number of aromatic nitrogens is 2. The topological polar surface area (TPSA) is 71.4 Å². The van der Waals surface area contributed by atoms with Gasteiger partial charge in [0, 0.05) is 29.4 Å². The highest BCUT2D eigenvalue weighted by Gasteiger charge is 2.07. The number of rotatable bonds is 9. The maximum Gasteiger partial charge on any atom is 0.218 e. The van der Waals surface area contributed by atoms with Crippen molar-refractivity contribution in [2.45, 2.75) is 40.0 Å². The number of pyridine rings is 1. The Morgan fingerprint density at radius 3 is 2.63 bits per heavy atom. The third-order valence-corrected chi connectivity index (χ3v) is 5.32. The van der Waals surface area contributed by atoms with E-state index < -0.39 is 0 Å². The van der Waals surface area contributed by atoms with Gasteiger partial charge >= 0.3 is 0 Å². The van der Waals surface area contributed by atoms with E-state index in [1.54, 1.807) is 17.5 Å². The second-order valence-corrected chi connectivity index (χ2v) is 7.56. The summed E-state index contributed by atoms with van der Waals surface area (Å²) >= 11 is 1.73. The average molecular weight is 537 g/mol. The molecular weight excluding hydrogens is 509 g/mol. The van der Waals surface area contributed by atoms with Gasteiger partial charge < -0.3 is 15.4 Å². The smallest absolute Gasteiger partial charge is 0.218 e. The monoisotopic (exact) mass is 537 g/mol. The van der Waals surface area contributed by atoms with Gasteiger partial charge in [-0.2, -0.15) is 0 Å². The maximum atomic E-state index is 5.93. The van der Waals surface area contributed by atoms with Crippen LogP contribution in [0.15, 0.2) is 59.9 Å². The summed E-state index contributed by atoms with van der Waals surface area (Å²) in [5.41, 5.74) is 2.06. The van der Waals surface area contributed by atoms with E-state index in [1.807, 2.05) is 55.6 Å². The Morgan fingerprint density at radius 2 is 1.90 bits per heavy atom. The molecule has 0 aliphatic heterocycles. The number of guanidine groups is 1. The molecule has 3 aromatic rings. The molecule has 3 rings (SSSR count). The minimum absolute atomic E-state index is 0. The van der Waals surface area contributed by atoms with Gasteiger partial charge in [0.2, 0.25) is 5.88 Å². The molecule has 1 aromatic carbocycles. The van der Waals surface area contributed by atoms with E-state index in [-0.39, 0.29) is 24.0 Å². The maximum absolute atomic E-state index is 5.93. The third-order valence-electron chi connectivity index (χ3n) is 4.18. The fourth-order valence-electron chi connectivity index (χ4n) is 2.66. The Kier molecular flexibility index (Phi) is 10.6. The van der Waals surface area contributed by atoms with Gasteiger partial charge in [-0.15, -0.1) is 35.3 Å². The van der Waals surface area contributed by atoms with Crippen molar-refractivity contribution in [2.75, 3.05) is 6.54 Å². The van der Waals surface area contributed by atoms with Crippen LogP contribution in [0.2, 0.25) is 0 Å². The molecule has 160 valence electrons. The van der Waals surface area contributed by atoms with E-state index in [0.29, 0.717) is 25.6 Å². The lowest BCUT2D eigenvalue weighted by Crippen LogP contribution is -2.36. The molecule has 0 amide bonds. The lowest BCUT2D eigenvalue weighted by atomic mass is 10.2. The summed E-state index contributed by atoms with van der Waals surface area (Å²) in [6.45, 7) is 6.59. The Hall–Kier alpha value is -2.20. The van der Waals surface area contributed by atoms with Gasteiger partial charge in [0.25, 0.3) is 0 Å². The molecule has 0 fully saturated rings. The molecule has 2 aromatic heterocycles. The number of hydrogen-bond donors (Lipinski definition) is 2. The van der Waals surface area contributed by atoms with E-state index in [9.17, 15) is 0 Å². The number of nitrogens with one attached hydrogen (secondary N) is 2. The zero-order valence-corrected chi connectivity index (χ0v) is 20.4. The standard InChI is InChI=1S/C22H27N5OS.HI/c1-3-19-14-25-20(29-19)15-27-22(23-4-2)26-13-18-11-8-12-24-21(18)28-16-17-9-6-5-7-10-17;/h5-12,14H,3-4,13,15-16H2,1-2H3,(H2,23,26,27);1H. The normalized spacial score (nSPS) is 10.9. The van der Waals surface area contributed by atoms with E-state index in [4.69, 9.17) is 9.73 Å². The first-order valence-electron chi connectivity index (χ1n) is 9.84. The summed E-state index contributed by atoms with van der Waals surface area (Å²) in [4.78, 5) is 14.8. The van der Waals surface area contributed by atoms with E-state index in [0.717, 1.165) is 35.1 Å². The molecule has 30 heavy (non-hydrogen) atoms. The van der Waals surface area contributed by atoms with Gasteiger partial charge in [-0.3, -0.25) is 0 Å². The van der Waals surface area contributed by atoms with Crippen molar-refractivity contribution in [1.82, 2.24) is 20.6 Å². The Morgan fingerprint density at radius 1 is 1.07 bits per heavy atom. The van der Waals surface area contributed by atoms with Crippen LogP contribution in [0.5, 0.6) is 5.88 Å². The van der Waals surface area contributed by atoms with Crippen LogP contribution in [-0.4, -0.2) is 22.5 Å². The summed E-state index contributed by atoms with van der Waals surface area (Å²) in [5.74, 6) is 1.36. The minimum atomic E-state index is 0. The lowest BCUT2D eigenvalue weighted by Gasteiger charge is -2.12. The molecule has 0 bridgehead atoms. The summed E-state index contributed by atoms with van der Waals surface area (Å²) in [5, 5.41) is 7.68. The summed E-state index contributed by atoms with van der Waals surface area (Å²) in [6.07, 6.45) is 4.70. The van der Waals surface area contributed by atoms with Crippen molar-refractivity contribution < 1.29 is 4.74 Å². The molecule has 0 aliphatic carbocycles. The third kappa shape index (κ3) is 7.56. The molecule has 0 saturated heterocycles. The minimum Gasteiger partial charge on any atom is -0.473 e. The predicted molar refractivity (Wildman–Crippen MR) is 134 cm³/mol. The van der Waals surface area contributed by atoms with Crippen LogP contribution in [0.1, 0.15) is 34.9 Å². The SMILES string of the molecule is CCNC(=NCc1cccnc1OCc1ccccc1)NCc1ncc(CC)s1.I. The van der Waals surface area contributed by atoms with Crippen LogP contribution in [0, 0.1) is 0 Å². The number of nitrogens with zero attached hydrogens (tertiary/aromatic N) is 3. The molecule has 0 saturated carbocycles. The van der Waals surface area contributed by atoms with Crippen LogP contribution < -0.4 is 15.4 Å². The van der Waals surface area contributed by atoms with E-state index in [1.165, 1.54) is 4.88 Å². The quantitative estimate of drug-likeness (QED) is 0.238. The molecule has 0 atom stereocenters. The number of hydrogen-bond acceptors (Lipinski definition) is 5. The van der Waals surface area contributed by atoms with Crippen LogP contribution in [0.4, 0.5) is 0 Å². The Balaban J connectivity index is 0.00000320. The number of ether oxygens (including phenoxy) is 1. The first kappa shape index (κ1) is 24.1. The van der Waals surface area contributed by atoms with Gasteiger partial charge in [0.05, 0.1) is 13.1 Å². The molecule has 0 unspecified atom stereocenters. The average Bonchev–Trinajstić information content (AvgIpc) is 3.24. The predicted octanol–water partition coefficient (Wildman–Crippen LogP) is 4.55. The second kappa shape index (κ2) is 13.2.